The molecule has 0 saturated carbocycles. The highest BCUT2D eigenvalue weighted by atomic mass is 16.5. The molecule has 2 aromatic carbocycles. The summed E-state index contributed by atoms with van der Waals surface area (Å²) in [6.07, 6.45) is 0. The molecular formula is C19H18N2O4. The van der Waals surface area contributed by atoms with Crippen molar-refractivity contribution >= 4 is 28.2 Å². The SMILES string of the molecule is COc1cc(Nc2cc(C(=O)O)nc3ccc(C)cc23)cc(OC)c1. The number of aryl methyl sites for hydroxylation is 1. The zero-order valence-corrected chi connectivity index (χ0v) is 14.2. The Morgan fingerprint density at radius 1 is 1.04 bits per heavy atom. The van der Waals surface area contributed by atoms with Gasteiger partial charge in [-0.3, -0.25) is 0 Å². The number of pyridine rings is 1. The van der Waals surface area contributed by atoms with Crippen LogP contribution in [0.25, 0.3) is 10.9 Å². The molecule has 1 heterocycles. The summed E-state index contributed by atoms with van der Waals surface area (Å²) >= 11 is 0. The molecule has 0 aliphatic rings. The topological polar surface area (TPSA) is 80.7 Å². The second-order valence-electron chi connectivity index (χ2n) is 5.61. The van der Waals surface area contributed by atoms with Gasteiger partial charge in [0.05, 0.1) is 25.4 Å². The lowest BCUT2D eigenvalue weighted by Gasteiger charge is -2.13. The predicted molar refractivity (Wildman–Crippen MR) is 96.3 cm³/mol. The summed E-state index contributed by atoms with van der Waals surface area (Å²) in [6, 6.07) is 12.6. The van der Waals surface area contributed by atoms with Gasteiger partial charge in [0, 0.05) is 29.3 Å². The first-order chi connectivity index (χ1) is 12.0. The van der Waals surface area contributed by atoms with E-state index in [2.05, 4.69) is 10.3 Å². The van der Waals surface area contributed by atoms with Gasteiger partial charge in [0.25, 0.3) is 0 Å². The molecule has 0 spiro atoms. The molecule has 0 radical (unpaired) electrons. The maximum absolute atomic E-state index is 11.4. The van der Waals surface area contributed by atoms with Gasteiger partial charge in [-0.15, -0.1) is 0 Å². The Morgan fingerprint density at radius 2 is 1.72 bits per heavy atom. The monoisotopic (exact) mass is 338 g/mol. The first kappa shape index (κ1) is 16.6. The Morgan fingerprint density at radius 3 is 2.32 bits per heavy atom. The minimum atomic E-state index is -1.08. The predicted octanol–water partition coefficient (Wildman–Crippen LogP) is 4.00. The Labute approximate surface area is 145 Å². The van der Waals surface area contributed by atoms with Crippen LogP contribution in [0.4, 0.5) is 11.4 Å². The average molecular weight is 338 g/mol. The Balaban J connectivity index is 2.14. The van der Waals surface area contributed by atoms with Crippen molar-refractivity contribution < 1.29 is 19.4 Å². The van der Waals surface area contributed by atoms with Crippen LogP contribution in [0.5, 0.6) is 11.5 Å². The molecule has 128 valence electrons. The average Bonchev–Trinajstić information content (AvgIpc) is 2.61. The molecule has 0 unspecified atom stereocenters. The lowest BCUT2D eigenvalue weighted by molar-refractivity contribution is 0.0691. The van der Waals surface area contributed by atoms with Crippen molar-refractivity contribution in [3.8, 4) is 11.5 Å². The van der Waals surface area contributed by atoms with E-state index in [1.165, 1.54) is 6.07 Å². The smallest absolute Gasteiger partial charge is 0.354 e. The van der Waals surface area contributed by atoms with Crippen molar-refractivity contribution in [3.63, 3.8) is 0 Å². The number of rotatable bonds is 5. The molecule has 6 nitrogen and oxygen atoms in total. The van der Waals surface area contributed by atoms with E-state index in [1.54, 1.807) is 20.3 Å². The largest absolute Gasteiger partial charge is 0.497 e. The van der Waals surface area contributed by atoms with Crippen LogP contribution in [0.15, 0.2) is 42.5 Å². The number of nitrogens with zero attached hydrogens (tertiary/aromatic N) is 1. The van der Waals surface area contributed by atoms with Gasteiger partial charge in [0.2, 0.25) is 0 Å². The number of benzene rings is 2. The lowest BCUT2D eigenvalue weighted by Crippen LogP contribution is -2.03. The summed E-state index contributed by atoms with van der Waals surface area (Å²) in [5.41, 5.74) is 3.03. The minimum absolute atomic E-state index is 0.0197. The van der Waals surface area contributed by atoms with E-state index < -0.39 is 5.97 Å². The lowest BCUT2D eigenvalue weighted by atomic mass is 10.1. The van der Waals surface area contributed by atoms with Crippen LogP contribution in [0.2, 0.25) is 0 Å². The van der Waals surface area contributed by atoms with Gasteiger partial charge in [-0.1, -0.05) is 11.6 Å². The quantitative estimate of drug-likeness (QED) is 0.732. The van der Waals surface area contributed by atoms with E-state index in [4.69, 9.17) is 9.47 Å². The summed E-state index contributed by atoms with van der Waals surface area (Å²) < 4.78 is 10.6. The fourth-order valence-corrected chi connectivity index (χ4v) is 2.59. The summed E-state index contributed by atoms with van der Waals surface area (Å²) in [5.74, 6) is 0.193. The van der Waals surface area contributed by atoms with Crippen LogP contribution >= 0.6 is 0 Å². The number of aromatic nitrogens is 1. The zero-order valence-electron chi connectivity index (χ0n) is 14.2. The molecule has 2 N–H and O–H groups in total. The third-order valence-electron chi connectivity index (χ3n) is 3.81. The van der Waals surface area contributed by atoms with Gasteiger partial charge in [-0.25, -0.2) is 9.78 Å². The van der Waals surface area contributed by atoms with Crippen molar-refractivity contribution in [2.24, 2.45) is 0 Å². The summed E-state index contributed by atoms with van der Waals surface area (Å²) in [5, 5.41) is 13.4. The van der Waals surface area contributed by atoms with Crippen molar-refractivity contribution in [3.05, 3.63) is 53.7 Å². The second-order valence-corrected chi connectivity index (χ2v) is 5.61. The first-order valence-corrected chi connectivity index (χ1v) is 7.65. The maximum atomic E-state index is 11.4. The highest BCUT2D eigenvalue weighted by Gasteiger charge is 2.12. The molecule has 0 saturated heterocycles. The van der Waals surface area contributed by atoms with Gasteiger partial charge in [-0.05, 0) is 25.1 Å². The fourth-order valence-electron chi connectivity index (χ4n) is 2.59. The van der Waals surface area contributed by atoms with Crippen molar-refractivity contribution in [1.82, 2.24) is 4.98 Å². The minimum Gasteiger partial charge on any atom is -0.497 e. The number of carbonyl (C=O) groups is 1. The first-order valence-electron chi connectivity index (χ1n) is 7.65. The van der Waals surface area contributed by atoms with Gasteiger partial charge < -0.3 is 19.9 Å². The number of hydrogen-bond acceptors (Lipinski definition) is 5. The molecule has 0 aliphatic heterocycles. The Kier molecular flexibility index (Phi) is 4.43. The van der Waals surface area contributed by atoms with E-state index in [0.29, 0.717) is 22.7 Å². The summed E-state index contributed by atoms with van der Waals surface area (Å²) in [6.45, 7) is 1.98. The highest BCUT2D eigenvalue weighted by Crippen LogP contribution is 2.31. The van der Waals surface area contributed by atoms with Crippen molar-refractivity contribution in [1.29, 1.82) is 0 Å². The molecule has 3 aromatic rings. The maximum Gasteiger partial charge on any atom is 0.354 e. The van der Waals surface area contributed by atoms with Crippen molar-refractivity contribution in [2.45, 2.75) is 6.92 Å². The van der Waals surface area contributed by atoms with Crippen LogP contribution in [-0.4, -0.2) is 30.3 Å². The van der Waals surface area contributed by atoms with Gasteiger partial charge in [-0.2, -0.15) is 0 Å². The van der Waals surface area contributed by atoms with Crippen LogP contribution in [0.1, 0.15) is 16.1 Å². The number of methoxy groups -OCH3 is 2. The number of carboxylic acids is 1. The molecule has 0 amide bonds. The molecule has 6 heteroatoms. The molecule has 0 aliphatic carbocycles. The second kappa shape index (κ2) is 6.68. The number of aromatic carboxylic acids is 1. The summed E-state index contributed by atoms with van der Waals surface area (Å²) in [7, 11) is 3.15. The van der Waals surface area contributed by atoms with E-state index in [9.17, 15) is 9.90 Å². The molecule has 0 atom stereocenters. The van der Waals surface area contributed by atoms with E-state index in [0.717, 1.165) is 16.6 Å². The van der Waals surface area contributed by atoms with E-state index >= 15 is 0 Å². The van der Waals surface area contributed by atoms with E-state index in [1.807, 2.05) is 37.3 Å². The molecule has 3 rings (SSSR count). The fraction of sp³-hybridized carbons (Fsp3) is 0.158. The van der Waals surface area contributed by atoms with Crippen LogP contribution < -0.4 is 14.8 Å². The Hall–Kier alpha value is -3.28. The van der Waals surface area contributed by atoms with Crippen LogP contribution in [0.3, 0.4) is 0 Å². The van der Waals surface area contributed by atoms with E-state index in [-0.39, 0.29) is 5.69 Å². The number of carboxylic acid groups (broad SMARTS) is 1. The van der Waals surface area contributed by atoms with Crippen molar-refractivity contribution in [2.75, 3.05) is 19.5 Å². The molecular weight excluding hydrogens is 320 g/mol. The van der Waals surface area contributed by atoms with Gasteiger partial charge in [0.15, 0.2) is 5.69 Å². The number of hydrogen-bond donors (Lipinski definition) is 2. The number of nitrogens with one attached hydrogen (secondary N) is 1. The molecule has 0 bridgehead atoms. The zero-order chi connectivity index (χ0) is 18.0. The van der Waals surface area contributed by atoms with Gasteiger partial charge in [0.1, 0.15) is 11.5 Å². The van der Waals surface area contributed by atoms with Gasteiger partial charge >= 0.3 is 5.97 Å². The third-order valence-corrected chi connectivity index (χ3v) is 3.81. The number of anilines is 2. The highest BCUT2D eigenvalue weighted by molar-refractivity contribution is 5.98. The Bertz CT molecular complexity index is 931. The summed E-state index contributed by atoms with van der Waals surface area (Å²) in [4.78, 5) is 15.6. The van der Waals surface area contributed by atoms with Crippen LogP contribution in [0, 0.1) is 6.92 Å². The van der Waals surface area contributed by atoms with Crippen LogP contribution in [-0.2, 0) is 0 Å². The number of fused-ring (bicyclic) bond motifs is 1. The standard InChI is InChI=1S/C19H18N2O4/c1-11-4-5-16-15(6-11)17(10-18(21-16)19(22)23)20-12-7-13(24-2)9-14(8-12)25-3/h4-10H,1-3H3,(H,20,21)(H,22,23). The normalized spacial score (nSPS) is 10.5. The molecule has 1 aromatic heterocycles. The third kappa shape index (κ3) is 3.47. The number of ether oxygens (including phenoxy) is 2. The molecule has 25 heavy (non-hydrogen) atoms. The molecule has 0 fully saturated rings.